The molecular formula is C20H21NO3. The predicted octanol–water partition coefficient (Wildman–Crippen LogP) is 3.89. The number of aliphatic carboxylic acids is 1. The molecule has 4 nitrogen and oxygen atoms in total. The molecule has 0 saturated heterocycles. The normalized spacial score (nSPS) is 10.9. The molecule has 0 atom stereocenters. The van der Waals surface area contributed by atoms with Gasteiger partial charge in [-0.15, -0.1) is 0 Å². The van der Waals surface area contributed by atoms with Crippen molar-refractivity contribution in [2.24, 2.45) is 0 Å². The lowest BCUT2D eigenvalue weighted by molar-refractivity contribution is -0.137. The van der Waals surface area contributed by atoms with Gasteiger partial charge in [-0.1, -0.05) is 37.3 Å². The first-order valence-electron chi connectivity index (χ1n) is 8.07. The van der Waals surface area contributed by atoms with E-state index in [-0.39, 0.29) is 6.54 Å². The first kappa shape index (κ1) is 16.1. The molecule has 1 N–H and O–H groups in total. The van der Waals surface area contributed by atoms with Gasteiger partial charge in [-0.3, -0.25) is 4.79 Å². The summed E-state index contributed by atoms with van der Waals surface area (Å²) in [5.74, 6) is -0.101. The van der Waals surface area contributed by atoms with Gasteiger partial charge in [0.15, 0.2) is 0 Å². The fraction of sp³-hybridized carbons (Fsp3) is 0.250. The summed E-state index contributed by atoms with van der Waals surface area (Å²) in [6, 6.07) is 16.1. The molecule has 0 spiro atoms. The Bertz CT molecular complexity index is 865. The van der Waals surface area contributed by atoms with Gasteiger partial charge in [-0.2, -0.15) is 0 Å². The van der Waals surface area contributed by atoms with Gasteiger partial charge >= 0.3 is 5.97 Å². The van der Waals surface area contributed by atoms with Gasteiger partial charge in [0.1, 0.15) is 12.3 Å². The van der Waals surface area contributed by atoms with E-state index in [0.29, 0.717) is 0 Å². The van der Waals surface area contributed by atoms with Gasteiger partial charge in [0.25, 0.3) is 0 Å². The monoisotopic (exact) mass is 323 g/mol. The number of carbonyl (C=O) groups is 1. The van der Waals surface area contributed by atoms with Crippen LogP contribution in [0.1, 0.15) is 23.7 Å². The molecule has 2 aromatic carbocycles. The van der Waals surface area contributed by atoms with E-state index < -0.39 is 5.97 Å². The summed E-state index contributed by atoms with van der Waals surface area (Å²) < 4.78 is 7.22. The largest absolute Gasteiger partial charge is 0.497 e. The Labute approximate surface area is 141 Å². The van der Waals surface area contributed by atoms with Crippen LogP contribution >= 0.6 is 0 Å². The van der Waals surface area contributed by atoms with Crippen molar-refractivity contribution in [3.63, 3.8) is 0 Å². The molecule has 3 rings (SSSR count). The van der Waals surface area contributed by atoms with Gasteiger partial charge in [0, 0.05) is 17.1 Å². The third kappa shape index (κ3) is 3.00. The third-order valence-electron chi connectivity index (χ3n) is 4.35. The molecule has 0 unspecified atom stereocenters. The molecule has 0 bridgehead atoms. The predicted molar refractivity (Wildman–Crippen MR) is 94.8 cm³/mol. The molecule has 0 aliphatic carbocycles. The van der Waals surface area contributed by atoms with Crippen LogP contribution in [0.5, 0.6) is 5.75 Å². The van der Waals surface area contributed by atoms with Crippen molar-refractivity contribution in [2.45, 2.75) is 26.3 Å². The fourth-order valence-corrected chi connectivity index (χ4v) is 3.30. The van der Waals surface area contributed by atoms with Crippen molar-refractivity contribution >= 4 is 16.9 Å². The number of carboxylic acids is 1. The number of hydrogen-bond donors (Lipinski definition) is 1. The van der Waals surface area contributed by atoms with Crippen molar-refractivity contribution in [1.29, 1.82) is 0 Å². The van der Waals surface area contributed by atoms with Gasteiger partial charge in [-0.25, -0.2) is 0 Å². The lowest BCUT2D eigenvalue weighted by atomic mass is 10.0. The second kappa shape index (κ2) is 6.79. The average molecular weight is 323 g/mol. The second-order valence-corrected chi connectivity index (χ2v) is 5.80. The Morgan fingerprint density at radius 3 is 2.54 bits per heavy atom. The molecule has 1 aromatic heterocycles. The van der Waals surface area contributed by atoms with Gasteiger partial charge < -0.3 is 14.4 Å². The Morgan fingerprint density at radius 1 is 1.17 bits per heavy atom. The number of fused-ring (bicyclic) bond motifs is 1. The van der Waals surface area contributed by atoms with Crippen LogP contribution in [0.4, 0.5) is 0 Å². The SMILES string of the molecule is CCc1c(Cc2ccccc2)c2ccc(OC)cc2n1CC(=O)O. The maximum absolute atomic E-state index is 11.4. The first-order valence-corrected chi connectivity index (χ1v) is 8.07. The van der Waals surface area contributed by atoms with E-state index in [4.69, 9.17) is 4.74 Å². The van der Waals surface area contributed by atoms with Crippen LogP contribution in [0.2, 0.25) is 0 Å². The number of methoxy groups -OCH3 is 1. The van der Waals surface area contributed by atoms with Crippen molar-refractivity contribution in [1.82, 2.24) is 4.57 Å². The average Bonchev–Trinajstić information content (AvgIpc) is 2.87. The van der Waals surface area contributed by atoms with Crippen LogP contribution in [-0.2, 0) is 24.2 Å². The Morgan fingerprint density at radius 2 is 1.92 bits per heavy atom. The zero-order chi connectivity index (χ0) is 17.1. The Hall–Kier alpha value is -2.75. The summed E-state index contributed by atoms with van der Waals surface area (Å²) in [5, 5.41) is 10.4. The van der Waals surface area contributed by atoms with Gasteiger partial charge in [-0.05, 0) is 36.1 Å². The van der Waals surface area contributed by atoms with Gasteiger partial charge in [0.05, 0.1) is 12.6 Å². The molecule has 0 radical (unpaired) electrons. The van der Waals surface area contributed by atoms with Crippen LogP contribution in [0.15, 0.2) is 48.5 Å². The number of hydrogen-bond acceptors (Lipinski definition) is 2. The number of rotatable bonds is 6. The molecule has 4 heteroatoms. The zero-order valence-electron chi connectivity index (χ0n) is 14.0. The Balaban J connectivity index is 2.21. The minimum atomic E-state index is -0.837. The van der Waals surface area contributed by atoms with Crippen LogP contribution in [0, 0.1) is 0 Å². The second-order valence-electron chi connectivity index (χ2n) is 5.80. The molecule has 0 amide bonds. The third-order valence-corrected chi connectivity index (χ3v) is 4.35. The maximum atomic E-state index is 11.4. The highest BCUT2D eigenvalue weighted by atomic mass is 16.5. The lowest BCUT2D eigenvalue weighted by Gasteiger charge is -2.09. The van der Waals surface area contributed by atoms with Crippen LogP contribution in [-0.4, -0.2) is 22.8 Å². The van der Waals surface area contributed by atoms with E-state index in [2.05, 4.69) is 19.1 Å². The summed E-state index contributed by atoms with van der Waals surface area (Å²) in [5.41, 5.74) is 4.41. The molecule has 0 saturated carbocycles. The molecule has 0 aliphatic rings. The van der Waals surface area contributed by atoms with E-state index in [9.17, 15) is 9.90 Å². The maximum Gasteiger partial charge on any atom is 0.323 e. The highest BCUT2D eigenvalue weighted by Gasteiger charge is 2.18. The Kier molecular flexibility index (Phi) is 4.56. The number of aromatic nitrogens is 1. The van der Waals surface area contributed by atoms with Crippen LogP contribution < -0.4 is 4.74 Å². The van der Waals surface area contributed by atoms with Crippen molar-refractivity contribution < 1.29 is 14.6 Å². The summed E-state index contributed by atoms with van der Waals surface area (Å²) in [6.45, 7) is 2.03. The zero-order valence-corrected chi connectivity index (χ0v) is 14.0. The highest BCUT2D eigenvalue weighted by molar-refractivity contribution is 5.88. The van der Waals surface area contributed by atoms with Crippen LogP contribution in [0.25, 0.3) is 10.9 Å². The van der Waals surface area contributed by atoms with Crippen molar-refractivity contribution in [3.05, 3.63) is 65.4 Å². The standard InChI is InChI=1S/C20H21NO3/c1-3-18-17(11-14-7-5-4-6-8-14)16-10-9-15(24-2)12-19(16)21(18)13-20(22)23/h4-10,12H,3,11,13H2,1-2H3,(H,22,23). The minimum Gasteiger partial charge on any atom is -0.497 e. The number of ether oxygens (including phenoxy) is 1. The van der Waals surface area contributed by atoms with E-state index in [1.165, 1.54) is 11.1 Å². The van der Waals surface area contributed by atoms with E-state index in [1.54, 1.807) is 7.11 Å². The first-order chi connectivity index (χ1) is 11.6. The summed E-state index contributed by atoms with van der Waals surface area (Å²) in [6.07, 6.45) is 1.58. The molecule has 24 heavy (non-hydrogen) atoms. The summed E-state index contributed by atoms with van der Waals surface area (Å²) in [4.78, 5) is 11.4. The number of nitrogens with zero attached hydrogens (tertiary/aromatic N) is 1. The number of carboxylic acid groups (broad SMARTS) is 1. The molecule has 124 valence electrons. The van der Waals surface area contributed by atoms with E-state index in [0.717, 1.165) is 35.2 Å². The fourth-order valence-electron chi connectivity index (χ4n) is 3.30. The lowest BCUT2D eigenvalue weighted by Crippen LogP contribution is -2.11. The van der Waals surface area contributed by atoms with Crippen LogP contribution in [0.3, 0.4) is 0 Å². The summed E-state index contributed by atoms with van der Waals surface area (Å²) in [7, 11) is 1.62. The smallest absolute Gasteiger partial charge is 0.323 e. The molecule has 3 aromatic rings. The minimum absolute atomic E-state index is 0.0400. The molecule has 1 heterocycles. The molecular weight excluding hydrogens is 302 g/mol. The quantitative estimate of drug-likeness (QED) is 0.749. The summed E-state index contributed by atoms with van der Waals surface area (Å²) >= 11 is 0. The number of benzene rings is 2. The van der Waals surface area contributed by atoms with E-state index >= 15 is 0 Å². The topological polar surface area (TPSA) is 51.5 Å². The van der Waals surface area contributed by atoms with Gasteiger partial charge in [0.2, 0.25) is 0 Å². The van der Waals surface area contributed by atoms with E-state index in [1.807, 2.05) is 41.0 Å². The van der Waals surface area contributed by atoms with Crippen molar-refractivity contribution in [2.75, 3.05) is 7.11 Å². The molecule has 0 aliphatic heterocycles. The molecule has 0 fully saturated rings. The highest BCUT2D eigenvalue weighted by Crippen LogP contribution is 2.31. The van der Waals surface area contributed by atoms with Crippen molar-refractivity contribution in [3.8, 4) is 5.75 Å².